The van der Waals surface area contributed by atoms with Gasteiger partial charge in [-0.3, -0.25) is 0 Å². The predicted molar refractivity (Wildman–Crippen MR) is 156 cm³/mol. The summed E-state index contributed by atoms with van der Waals surface area (Å²) in [6.07, 6.45) is 9.29. The second kappa shape index (κ2) is 10.3. The average Bonchev–Trinajstić information content (AvgIpc) is 3.44. The first-order chi connectivity index (χ1) is 18.3. The van der Waals surface area contributed by atoms with Gasteiger partial charge in [0, 0.05) is 16.7 Å². The lowest BCUT2D eigenvalue weighted by Crippen LogP contribution is -1.98. The van der Waals surface area contributed by atoms with Crippen molar-refractivity contribution in [3.05, 3.63) is 133 Å². The van der Waals surface area contributed by atoms with Crippen molar-refractivity contribution in [1.82, 2.24) is 9.97 Å². The lowest BCUT2D eigenvalue weighted by Gasteiger charge is -2.16. The Bertz CT molecular complexity index is 1500. The van der Waals surface area contributed by atoms with Gasteiger partial charge in [0.1, 0.15) is 5.82 Å². The summed E-state index contributed by atoms with van der Waals surface area (Å²) < 4.78 is 0. The maximum absolute atomic E-state index is 5.18. The molecule has 0 amide bonds. The van der Waals surface area contributed by atoms with Crippen molar-refractivity contribution in [2.45, 2.75) is 19.8 Å². The number of benzene rings is 4. The first-order valence-electron chi connectivity index (χ1n) is 13.1. The Labute approximate surface area is 219 Å². The van der Waals surface area contributed by atoms with Gasteiger partial charge in [0.05, 0.1) is 11.4 Å². The van der Waals surface area contributed by atoms with Crippen molar-refractivity contribution < 1.29 is 0 Å². The van der Waals surface area contributed by atoms with E-state index >= 15 is 0 Å². The van der Waals surface area contributed by atoms with Crippen LogP contribution in [0.2, 0.25) is 0 Å². The number of hydrogen-bond donors (Lipinski definition) is 1. The molecule has 1 aliphatic rings. The fourth-order valence-corrected chi connectivity index (χ4v) is 5.04. The van der Waals surface area contributed by atoms with Crippen LogP contribution in [0.25, 0.3) is 50.6 Å². The molecule has 5 aromatic rings. The highest BCUT2D eigenvalue weighted by molar-refractivity contribution is 5.85. The van der Waals surface area contributed by atoms with E-state index in [1.165, 1.54) is 28.7 Å². The summed E-state index contributed by atoms with van der Waals surface area (Å²) in [7, 11) is 0. The van der Waals surface area contributed by atoms with Gasteiger partial charge in [0.25, 0.3) is 0 Å². The Morgan fingerprint density at radius 2 is 1.27 bits per heavy atom. The molecule has 0 saturated heterocycles. The maximum atomic E-state index is 5.18. The quantitative estimate of drug-likeness (QED) is 0.259. The lowest BCUT2D eigenvalue weighted by molar-refractivity contribution is 0.634. The molecule has 0 bridgehead atoms. The van der Waals surface area contributed by atoms with Gasteiger partial charge in [-0.15, -0.1) is 0 Å². The molecule has 0 spiro atoms. The van der Waals surface area contributed by atoms with Crippen molar-refractivity contribution in [1.29, 1.82) is 0 Å². The van der Waals surface area contributed by atoms with Crippen LogP contribution >= 0.6 is 0 Å². The molecule has 37 heavy (non-hydrogen) atoms. The minimum absolute atomic E-state index is 0.632. The van der Waals surface area contributed by atoms with Crippen LogP contribution < -0.4 is 0 Å². The summed E-state index contributed by atoms with van der Waals surface area (Å²) in [5.74, 6) is 1.51. The van der Waals surface area contributed by atoms with E-state index in [1.54, 1.807) is 0 Å². The molecule has 0 fully saturated rings. The second-order valence-corrected chi connectivity index (χ2v) is 9.63. The Balaban J connectivity index is 1.52. The highest BCUT2D eigenvalue weighted by Gasteiger charge is 2.17. The molecule has 2 heteroatoms. The number of allylic oxidation sites excluding steroid dienone is 4. The van der Waals surface area contributed by atoms with E-state index in [-0.39, 0.29) is 0 Å². The number of imidazole rings is 1. The first-order valence-corrected chi connectivity index (χ1v) is 13.1. The zero-order valence-corrected chi connectivity index (χ0v) is 21.1. The Kier molecular flexibility index (Phi) is 6.39. The fraction of sp³-hybridized carbons (Fsp3) is 0.114. The summed E-state index contributed by atoms with van der Waals surface area (Å²) in [5, 5.41) is 0. The van der Waals surface area contributed by atoms with Crippen LogP contribution in [0.4, 0.5) is 0 Å². The van der Waals surface area contributed by atoms with Crippen molar-refractivity contribution in [3.63, 3.8) is 0 Å². The van der Waals surface area contributed by atoms with Gasteiger partial charge in [-0.25, -0.2) is 4.98 Å². The van der Waals surface area contributed by atoms with Crippen molar-refractivity contribution in [2.24, 2.45) is 5.92 Å². The van der Waals surface area contributed by atoms with Crippen LogP contribution in [-0.2, 0) is 0 Å². The average molecular weight is 479 g/mol. The van der Waals surface area contributed by atoms with E-state index in [0.717, 1.165) is 40.3 Å². The minimum Gasteiger partial charge on any atom is -0.337 e. The third kappa shape index (κ3) is 4.83. The molecule has 0 radical (unpaired) electrons. The number of nitrogens with zero attached hydrogens (tertiary/aromatic N) is 1. The van der Waals surface area contributed by atoms with E-state index in [2.05, 4.69) is 127 Å². The maximum Gasteiger partial charge on any atom is 0.138 e. The Morgan fingerprint density at radius 1 is 0.676 bits per heavy atom. The van der Waals surface area contributed by atoms with Gasteiger partial charge >= 0.3 is 0 Å². The second-order valence-electron chi connectivity index (χ2n) is 9.63. The molecule has 1 aromatic heterocycles. The molecule has 1 atom stereocenters. The minimum atomic E-state index is 0.632. The van der Waals surface area contributed by atoms with E-state index in [9.17, 15) is 0 Å². The summed E-state index contributed by atoms with van der Waals surface area (Å²) >= 11 is 0. The molecular formula is C35H30N2. The van der Waals surface area contributed by atoms with Gasteiger partial charge in [-0.1, -0.05) is 116 Å². The molecule has 1 N–H and O–H groups in total. The molecule has 1 aliphatic carbocycles. The van der Waals surface area contributed by atoms with E-state index in [0.29, 0.717) is 5.92 Å². The number of aromatic nitrogens is 2. The predicted octanol–water partition coefficient (Wildman–Crippen LogP) is 9.45. The van der Waals surface area contributed by atoms with Crippen molar-refractivity contribution in [2.75, 3.05) is 0 Å². The molecule has 6 rings (SSSR count). The first kappa shape index (κ1) is 23.0. The van der Waals surface area contributed by atoms with Gasteiger partial charge in [-0.2, -0.15) is 0 Å². The van der Waals surface area contributed by atoms with Gasteiger partial charge in [0.15, 0.2) is 0 Å². The number of rotatable bonds is 6. The lowest BCUT2D eigenvalue weighted by atomic mass is 9.89. The third-order valence-corrected chi connectivity index (χ3v) is 7.17. The van der Waals surface area contributed by atoms with Crippen LogP contribution in [0.3, 0.4) is 0 Å². The topological polar surface area (TPSA) is 28.7 Å². The number of aromatic amines is 1. The Morgan fingerprint density at radius 3 is 1.89 bits per heavy atom. The monoisotopic (exact) mass is 478 g/mol. The zero-order chi connectivity index (χ0) is 25.0. The molecule has 4 aromatic carbocycles. The number of hydrogen-bond acceptors (Lipinski definition) is 1. The summed E-state index contributed by atoms with van der Waals surface area (Å²) in [6.45, 7) is 2.26. The molecule has 0 saturated carbocycles. The van der Waals surface area contributed by atoms with E-state index in [1.807, 2.05) is 12.1 Å². The van der Waals surface area contributed by atoms with Crippen molar-refractivity contribution >= 4 is 5.57 Å². The third-order valence-electron chi connectivity index (χ3n) is 7.17. The van der Waals surface area contributed by atoms with Crippen molar-refractivity contribution in [3.8, 4) is 45.0 Å². The Hall–Kier alpha value is -4.43. The van der Waals surface area contributed by atoms with Crippen LogP contribution in [0.5, 0.6) is 0 Å². The van der Waals surface area contributed by atoms with Crippen LogP contribution in [-0.4, -0.2) is 9.97 Å². The number of nitrogens with one attached hydrogen (secondary N) is 1. The summed E-state index contributed by atoms with van der Waals surface area (Å²) in [4.78, 5) is 8.87. The smallest absolute Gasteiger partial charge is 0.138 e. The molecule has 180 valence electrons. The number of H-pyrrole nitrogens is 1. The van der Waals surface area contributed by atoms with Crippen LogP contribution in [0.1, 0.15) is 25.3 Å². The SMILES string of the molecule is CCC1C=CC(c2cc(-c3ccccc3)cc(-c3nc(-c4ccccc4)c(-c4ccccc4)[nH]3)c2)=CC1. The van der Waals surface area contributed by atoms with Crippen LogP contribution in [0.15, 0.2) is 127 Å². The molecular weight excluding hydrogens is 448 g/mol. The summed E-state index contributed by atoms with van der Waals surface area (Å²) in [5.41, 5.74) is 10.2. The molecule has 1 unspecified atom stereocenters. The molecule has 2 nitrogen and oxygen atoms in total. The highest BCUT2D eigenvalue weighted by Crippen LogP contribution is 2.36. The molecule has 1 heterocycles. The molecule has 0 aliphatic heterocycles. The largest absolute Gasteiger partial charge is 0.337 e. The van der Waals surface area contributed by atoms with Gasteiger partial charge < -0.3 is 4.98 Å². The standard InChI is InChI=1S/C35H30N2/c1-2-25-18-20-27(21-19-25)31-22-30(26-12-6-3-7-13-26)23-32(24-31)35-36-33(28-14-8-4-9-15-28)34(37-35)29-16-10-5-11-17-29/h3-18,20-25H,2,19H2,1H3,(H,36,37). The summed E-state index contributed by atoms with van der Waals surface area (Å²) in [6, 6.07) is 38.3. The normalized spacial score (nSPS) is 14.9. The van der Waals surface area contributed by atoms with Gasteiger partial charge in [-0.05, 0) is 59.2 Å². The van der Waals surface area contributed by atoms with E-state index in [4.69, 9.17) is 4.98 Å². The highest BCUT2D eigenvalue weighted by atomic mass is 14.9. The van der Waals surface area contributed by atoms with Gasteiger partial charge in [0.2, 0.25) is 0 Å². The van der Waals surface area contributed by atoms with Crippen LogP contribution in [0, 0.1) is 5.92 Å². The fourth-order valence-electron chi connectivity index (χ4n) is 5.04. The zero-order valence-electron chi connectivity index (χ0n) is 21.1. The van der Waals surface area contributed by atoms with E-state index < -0.39 is 0 Å².